The van der Waals surface area contributed by atoms with Gasteiger partial charge < -0.3 is 10.6 Å². The van der Waals surface area contributed by atoms with Crippen LogP contribution in [-0.4, -0.2) is 16.1 Å². The van der Waals surface area contributed by atoms with Crippen molar-refractivity contribution < 1.29 is 9.59 Å². The highest BCUT2D eigenvalue weighted by molar-refractivity contribution is 7.79. The molecule has 0 saturated carbocycles. The number of hydrogen-bond acceptors (Lipinski definition) is 5. The van der Waals surface area contributed by atoms with Gasteiger partial charge >= 0.3 is 0 Å². The molecule has 0 bridgehead atoms. The van der Waals surface area contributed by atoms with Gasteiger partial charge in [-0.3, -0.25) is 9.59 Å². The largest absolute Gasteiger partial charge is 0.354 e. The Morgan fingerprint density at radius 2 is 1.04 bits per heavy atom. The number of carbonyl (C=O) groups is 2. The Kier molecular flexibility index (Phi) is 4.10. The number of carbonyl (C=O) groups excluding carboxylic acids is 2. The van der Waals surface area contributed by atoms with Crippen LogP contribution in [0, 0.1) is 0 Å². The highest BCUT2D eigenvalue weighted by Crippen LogP contribution is 2.35. The fourth-order valence-electron chi connectivity index (χ4n) is 2.83. The van der Waals surface area contributed by atoms with Gasteiger partial charge in [-0.25, -0.2) is 4.31 Å². The van der Waals surface area contributed by atoms with E-state index in [-0.39, 0.29) is 0 Å². The van der Waals surface area contributed by atoms with Crippen LogP contribution in [-0.2, 0) is 0 Å². The maximum absolute atomic E-state index is 12.3. The number of amides is 2. The van der Waals surface area contributed by atoms with Crippen molar-refractivity contribution in [3.8, 4) is 0 Å². The molecule has 3 aromatic rings. The Hall–Kier alpha value is -3.25. The third kappa shape index (κ3) is 2.91. The monoisotopic (exact) mass is 361 g/mol. The molecule has 0 aromatic heterocycles. The highest BCUT2D eigenvalue weighted by atomic mass is 32.1. The van der Waals surface area contributed by atoms with Gasteiger partial charge in [0.05, 0.1) is 22.5 Å². The molecule has 0 spiro atoms. The van der Waals surface area contributed by atoms with E-state index >= 15 is 0 Å². The van der Waals surface area contributed by atoms with Gasteiger partial charge in [0.2, 0.25) is 0 Å². The molecule has 1 heterocycles. The zero-order chi connectivity index (χ0) is 18.1. The van der Waals surface area contributed by atoms with Crippen molar-refractivity contribution >= 4 is 47.4 Å². The lowest BCUT2D eigenvalue weighted by Gasteiger charge is -2.15. The molecule has 26 heavy (non-hydrogen) atoms. The van der Waals surface area contributed by atoms with Crippen LogP contribution in [0.25, 0.3) is 0 Å². The van der Waals surface area contributed by atoms with Crippen LogP contribution in [0.5, 0.6) is 0 Å². The Bertz CT molecular complexity index is 910. The molecule has 2 amide bonds. The summed E-state index contributed by atoms with van der Waals surface area (Å²) < 4.78 is 0.837. The van der Waals surface area contributed by atoms with Gasteiger partial charge in [-0.05, 0) is 36.4 Å². The summed E-state index contributed by atoms with van der Waals surface area (Å²) in [5, 5.41) is 6.61. The lowest BCUT2D eigenvalue weighted by atomic mass is 10.1. The van der Waals surface area contributed by atoms with Crippen LogP contribution < -0.4 is 10.6 Å². The van der Waals surface area contributed by atoms with Crippen LogP contribution in [0.1, 0.15) is 20.7 Å². The Balaban J connectivity index is 1.80. The minimum atomic E-state index is -0.421. The smallest absolute Gasteiger partial charge is 0.271 e. The summed E-state index contributed by atoms with van der Waals surface area (Å²) in [4.78, 5) is 24.5. The number of hydrogen-bond donors (Lipinski definition) is 3. The fourth-order valence-corrected chi connectivity index (χ4v) is 3.05. The van der Waals surface area contributed by atoms with Crippen molar-refractivity contribution in [3.05, 3.63) is 83.9 Å². The molecule has 5 nitrogen and oxygen atoms in total. The maximum Gasteiger partial charge on any atom is 0.271 e. The summed E-state index contributed by atoms with van der Waals surface area (Å²) in [6.45, 7) is 0. The number of para-hydroxylation sites is 2. The van der Waals surface area contributed by atoms with E-state index in [1.807, 2.05) is 60.7 Å². The number of imide groups is 1. The van der Waals surface area contributed by atoms with Crippen LogP contribution in [0.2, 0.25) is 0 Å². The van der Waals surface area contributed by atoms with E-state index in [0.717, 1.165) is 15.7 Å². The molecule has 1 aliphatic heterocycles. The van der Waals surface area contributed by atoms with Gasteiger partial charge in [0, 0.05) is 11.4 Å². The molecule has 2 N–H and O–H groups in total. The standard InChI is InChI=1S/C20H15N3O2S/c24-19-15-11-17(21-13-7-3-1-4-8-13)18(12-16(15)20(25)23(19)26)22-14-9-5-2-6-10-14/h1-12,21-22,26H. The van der Waals surface area contributed by atoms with Crippen molar-refractivity contribution in [1.82, 2.24) is 4.31 Å². The molecule has 0 saturated heterocycles. The first-order valence-electron chi connectivity index (χ1n) is 8.03. The number of nitrogens with one attached hydrogen (secondary N) is 2. The Labute approximate surface area is 156 Å². The molecular weight excluding hydrogens is 346 g/mol. The van der Waals surface area contributed by atoms with E-state index in [0.29, 0.717) is 22.5 Å². The van der Waals surface area contributed by atoms with E-state index < -0.39 is 11.8 Å². The average Bonchev–Trinajstić information content (AvgIpc) is 2.88. The minimum Gasteiger partial charge on any atom is -0.354 e. The topological polar surface area (TPSA) is 61.4 Å². The van der Waals surface area contributed by atoms with Crippen molar-refractivity contribution in [3.63, 3.8) is 0 Å². The molecule has 4 rings (SSSR count). The third-order valence-corrected chi connectivity index (χ3v) is 4.47. The fraction of sp³-hybridized carbons (Fsp3) is 0. The van der Waals surface area contributed by atoms with Gasteiger partial charge in [-0.15, -0.1) is 0 Å². The molecule has 6 heteroatoms. The summed E-state index contributed by atoms with van der Waals surface area (Å²) >= 11 is 3.99. The molecule has 0 unspecified atom stereocenters. The first kappa shape index (κ1) is 16.2. The van der Waals surface area contributed by atoms with Crippen LogP contribution in [0.4, 0.5) is 22.7 Å². The Morgan fingerprint density at radius 1 is 0.654 bits per heavy atom. The predicted molar refractivity (Wildman–Crippen MR) is 105 cm³/mol. The second kappa shape index (κ2) is 6.57. The van der Waals surface area contributed by atoms with Gasteiger partial charge in [0.15, 0.2) is 0 Å². The minimum absolute atomic E-state index is 0.335. The molecular formula is C20H15N3O2S. The lowest BCUT2D eigenvalue weighted by Crippen LogP contribution is -2.18. The summed E-state index contributed by atoms with van der Waals surface area (Å²) in [6.07, 6.45) is 0. The molecule has 128 valence electrons. The first-order chi connectivity index (χ1) is 12.6. The molecule has 0 aliphatic carbocycles. The second-order valence-corrected chi connectivity index (χ2v) is 6.25. The van der Waals surface area contributed by atoms with Crippen LogP contribution in [0.3, 0.4) is 0 Å². The SMILES string of the molecule is O=C1c2cc(Nc3ccccc3)c(Nc3ccccc3)cc2C(=O)N1S. The van der Waals surface area contributed by atoms with E-state index in [1.54, 1.807) is 12.1 Å². The number of benzene rings is 3. The number of thiol groups is 1. The summed E-state index contributed by atoms with van der Waals surface area (Å²) in [5.74, 6) is -0.841. The summed E-state index contributed by atoms with van der Waals surface area (Å²) in [5.41, 5.74) is 3.82. The Morgan fingerprint density at radius 3 is 1.42 bits per heavy atom. The number of anilines is 4. The van der Waals surface area contributed by atoms with Gasteiger partial charge in [-0.1, -0.05) is 49.2 Å². The van der Waals surface area contributed by atoms with Crippen LogP contribution in [0.15, 0.2) is 72.8 Å². The zero-order valence-corrected chi connectivity index (χ0v) is 14.5. The van der Waals surface area contributed by atoms with Gasteiger partial charge in [-0.2, -0.15) is 0 Å². The number of nitrogens with zero attached hydrogens (tertiary/aromatic N) is 1. The normalized spacial score (nSPS) is 12.9. The van der Waals surface area contributed by atoms with E-state index in [2.05, 4.69) is 23.4 Å². The average molecular weight is 361 g/mol. The van der Waals surface area contributed by atoms with Crippen molar-refractivity contribution in [2.45, 2.75) is 0 Å². The van der Waals surface area contributed by atoms with Crippen molar-refractivity contribution in [2.24, 2.45) is 0 Å². The first-order valence-corrected chi connectivity index (χ1v) is 8.43. The second-order valence-electron chi connectivity index (χ2n) is 5.85. The lowest BCUT2D eigenvalue weighted by molar-refractivity contribution is 0.0779. The molecule has 1 aliphatic rings. The zero-order valence-electron chi connectivity index (χ0n) is 13.6. The molecule has 0 atom stereocenters. The van der Waals surface area contributed by atoms with Crippen molar-refractivity contribution in [2.75, 3.05) is 10.6 Å². The molecule has 3 aromatic carbocycles. The van der Waals surface area contributed by atoms with E-state index in [9.17, 15) is 9.59 Å². The molecule has 0 radical (unpaired) electrons. The maximum atomic E-state index is 12.3. The quantitative estimate of drug-likeness (QED) is 0.469. The molecule has 0 fully saturated rings. The van der Waals surface area contributed by atoms with E-state index in [1.165, 1.54) is 0 Å². The summed E-state index contributed by atoms with van der Waals surface area (Å²) in [7, 11) is 0. The summed E-state index contributed by atoms with van der Waals surface area (Å²) in [6, 6.07) is 22.6. The van der Waals surface area contributed by atoms with E-state index in [4.69, 9.17) is 0 Å². The van der Waals surface area contributed by atoms with Crippen molar-refractivity contribution in [1.29, 1.82) is 0 Å². The predicted octanol–water partition coefficient (Wildman–Crippen LogP) is 4.61. The third-order valence-electron chi connectivity index (χ3n) is 4.11. The van der Waals surface area contributed by atoms with Gasteiger partial charge in [0.25, 0.3) is 11.8 Å². The number of rotatable bonds is 4. The highest BCUT2D eigenvalue weighted by Gasteiger charge is 2.35. The van der Waals surface area contributed by atoms with Gasteiger partial charge in [0.1, 0.15) is 0 Å². The number of fused-ring (bicyclic) bond motifs is 1. The van der Waals surface area contributed by atoms with Crippen LogP contribution >= 0.6 is 12.8 Å².